The first-order chi connectivity index (χ1) is 14.2. The Balaban J connectivity index is 0.00000117. The van der Waals surface area contributed by atoms with E-state index >= 15 is 0 Å². The third-order valence-electron chi connectivity index (χ3n) is 4.25. The van der Waals surface area contributed by atoms with Crippen molar-refractivity contribution in [1.82, 2.24) is 14.5 Å². The molecule has 2 aromatic heterocycles. The predicted molar refractivity (Wildman–Crippen MR) is 123 cm³/mol. The molecule has 0 saturated heterocycles. The van der Waals surface area contributed by atoms with Crippen LogP contribution in [0, 0.1) is 0 Å². The lowest BCUT2D eigenvalue weighted by Crippen LogP contribution is -2.00. The van der Waals surface area contributed by atoms with Crippen LogP contribution in [0.3, 0.4) is 0 Å². The topological polar surface area (TPSA) is 39.9 Å². The van der Waals surface area contributed by atoms with Crippen LogP contribution in [0.15, 0.2) is 77.9 Å². The molecule has 2 aromatic carbocycles. The monoisotopic (exact) mass is 469 g/mol. The van der Waals surface area contributed by atoms with Crippen molar-refractivity contribution in [3.8, 4) is 33.8 Å². The molecule has 0 saturated carbocycles. The number of hydrogen-bond donors (Lipinski definition) is 0. The number of imidazole rings is 1. The van der Waals surface area contributed by atoms with Crippen LogP contribution in [0.5, 0.6) is 5.75 Å². The summed E-state index contributed by atoms with van der Waals surface area (Å²) in [7, 11) is 1.67. The average Bonchev–Trinajstić information content (AvgIpc) is 3.24. The van der Waals surface area contributed by atoms with E-state index in [9.17, 15) is 0 Å². The highest BCUT2D eigenvalue weighted by Gasteiger charge is 2.15. The molecular weight excluding hydrogens is 450 g/mol. The van der Waals surface area contributed by atoms with Crippen LogP contribution >= 0.6 is 27.5 Å². The van der Waals surface area contributed by atoms with Gasteiger partial charge in [0.1, 0.15) is 5.75 Å². The van der Waals surface area contributed by atoms with Gasteiger partial charge in [-0.2, -0.15) is 0 Å². The van der Waals surface area contributed by atoms with Gasteiger partial charge in [-0.15, -0.1) is 0 Å². The van der Waals surface area contributed by atoms with Gasteiger partial charge in [-0.1, -0.05) is 59.6 Å². The minimum atomic E-state index is 0.656. The Morgan fingerprint density at radius 2 is 1.76 bits per heavy atom. The van der Waals surface area contributed by atoms with Crippen molar-refractivity contribution in [1.29, 1.82) is 0 Å². The highest BCUT2D eigenvalue weighted by molar-refractivity contribution is 9.10. The Hall–Kier alpha value is -2.63. The average molecular weight is 471 g/mol. The van der Waals surface area contributed by atoms with Gasteiger partial charge in [0.25, 0.3) is 0 Å². The number of ether oxygens (including phenoxy) is 1. The molecule has 4 rings (SSSR count). The van der Waals surface area contributed by atoms with Crippen LogP contribution < -0.4 is 4.74 Å². The van der Waals surface area contributed by atoms with E-state index in [1.165, 1.54) is 0 Å². The zero-order valence-corrected chi connectivity index (χ0v) is 18.8. The molecule has 0 aliphatic rings. The summed E-state index contributed by atoms with van der Waals surface area (Å²) in [5, 5.41) is 0.656. The number of pyridine rings is 1. The van der Waals surface area contributed by atoms with E-state index in [1.54, 1.807) is 19.6 Å². The summed E-state index contributed by atoms with van der Waals surface area (Å²) >= 11 is 9.75. The molecule has 29 heavy (non-hydrogen) atoms. The fourth-order valence-electron chi connectivity index (χ4n) is 3.08. The maximum atomic E-state index is 6.24. The summed E-state index contributed by atoms with van der Waals surface area (Å²) in [6.07, 6.45) is 7.20. The summed E-state index contributed by atoms with van der Waals surface area (Å²) < 4.78 is 8.47. The smallest absolute Gasteiger partial charge is 0.126 e. The van der Waals surface area contributed by atoms with Crippen molar-refractivity contribution in [3.05, 3.63) is 82.9 Å². The van der Waals surface area contributed by atoms with Crippen molar-refractivity contribution in [2.45, 2.75) is 13.8 Å². The number of para-hydroxylation sites is 1. The molecule has 2 heterocycles. The number of nitrogens with zero attached hydrogens (tertiary/aromatic N) is 3. The van der Waals surface area contributed by atoms with E-state index in [0.29, 0.717) is 5.02 Å². The number of aromatic nitrogens is 3. The van der Waals surface area contributed by atoms with Crippen molar-refractivity contribution in [2.24, 2.45) is 0 Å². The SMILES string of the molecule is CC.COc1ccccc1-c1ccncc1-n1cncc1-c1cc(Cl)cc(Br)c1. The molecule has 0 unspecified atom stereocenters. The lowest BCUT2D eigenvalue weighted by molar-refractivity contribution is 0.416. The van der Waals surface area contributed by atoms with Gasteiger partial charge < -0.3 is 4.74 Å². The summed E-state index contributed by atoms with van der Waals surface area (Å²) in [5.41, 5.74) is 4.78. The van der Waals surface area contributed by atoms with Crippen molar-refractivity contribution in [3.63, 3.8) is 0 Å². The summed E-state index contributed by atoms with van der Waals surface area (Å²) in [5.74, 6) is 0.803. The molecule has 6 heteroatoms. The number of halogens is 2. The minimum absolute atomic E-state index is 0.656. The van der Waals surface area contributed by atoms with Gasteiger partial charge >= 0.3 is 0 Å². The maximum Gasteiger partial charge on any atom is 0.126 e. The van der Waals surface area contributed by atoms with Crippen LogP contribution in [0.2, 0.25) is 5.02 Å². The third kappa shape index (κ3) is 4.52. The minimum Gasteiger partial charge on any atom is -0.496 e. The van der Waals surface area contributed by atoms with Crippen LogP contribution in [0.25, 0.3) is 28.1 Å². The molecule has 4 aromatic rings. The standard InChI is InChI=1S/C21H15BrClN3O.C2H6/c1-27-21-5-3-2-4-18(21)17-6-7-24-12-20(17)26-13-25-11-19(26)14-8-15(22)10-16(23)9-14;1-2/h2-13H,1H3;1-2H3. The Bertz CT molecular complexity index is 1090. The van der Waals surface area contributed by atoms with E-state index in [1.807, 2.05) is 79.3 Å². The summed E-state index contributed by atoms with van der Waals surface area (Å²) in [4.78, 5) is 8.68. The predicted octanol–water partition coefficient (Wildman–Crippen LogP) is 7.05. The second-order valence-electron chi connectivity index (χ2n) is 5.90. The Morgan fingerprint density at radius 3 is 2.52 bits per heavy atom. The Kier molecular flexibility index (Phi) is 7.07. The second-order valence-corrected chi connectivity index (χ2v) is 7.25. The third-order valence-corrected chi connectivity index (χ3v) is 4.93. The molecule has 0 N–H and O–H groups in total. The summed E-state index contributed by atoms with van der Waals surface area (Å²) in [6.45, 7) is 4.00. The maximum absolute atomic E-state index is 6.24. The molecule has 4 nitrogen and oxygen atoms in total. The van der Waals surface area contributed by atoms with E-state index in [-0.39, 0.29) is 0 Å². The largest absolute Gasteiger partial charge is 0.496 e. The fourth-order valence-corrected chi connectivity index (χ4v) is 3.94. The number of rotatable bonds is 4. The number of hydrogen-bond acceptors (Lipinski definition) is 3. The van der Waals surface area contributed by atoms with Crippen LogP contribution in [0.1, 0.15) is 13.8 Å². The van der Waals surface area contributed by atoms with Crippen LogP contribution in [-0.4, -0.2) is 21.6 Å². The Morgan fingerprint density at radius 1 is 0.966 bits per heavy atom. The molecule has 0 bridgehead atoms. The fraction of sp³-hybridized carbons (Fsp3) is 0.130. The lowest BCUT2D eigenvalue weighted by atomic mass is 10.0. The lowest BCUT2D eigenvalue weighted by Gasteiger charge is -2.15. The Labute approximate surface area is 184 Å². The number of methoxy groups -OCH3 is 1. The number of benzene rings is 2. The second kappa shape index (κ2) is 9.72. The van der Waals surface area contributed by atoms with Crippen molar-refractivity contribution in [2.75, 3.05) is 7.11 Å². The first-order valence-electron chi connectivity index (χ1n) is 9.24. The zero-order valence-electron chi connectivity index (χ0n) is 16.4. The van der Waals surface area contributed by atoms with Crippen LogP contribution in [-0.2, 0) is 0 Å². The van der Waals surface area contributed by atoms with E-state index in [2.05, 4.69) is 25.9 Å². The van der Waals surface area contributed by atoms with Crippen molar-refractivity contribution >= 4 is 27.5 Å². The first-order valence-corrected chi connectivity index (χ1v) is 10.4. The van der Waals surface area contributed by atoms with E-state index in [0.717, 1.165) is 38.3 Å². The molecule has 0 amide bonds. The highest BCUT2D eigenvalue weighted by atomic mass is 79.9. The van der Waals surface area contributed by atoms with Crippen LogP contribution in [0.4, 0.5) is 0 Å². The van der Waals surface area contributed by atoms with Gasteiger partial charge in [-0.05, 0) is 30.3 Å². The summed E-state index contributed by atoms with van der Waals surface area (Å²) in [6, 6.07) is 15.7. The molecule has 0 atom stereocenters. The normalized spacial score (nSPS) is 10.2. The molecular formula is C23H21BrClN3O. The van der Waals surface area contributed by atoms with Gasteiger partial charge in [-0.25, -0.2) is 4.98 Å². The molecule has 0 aliphatic carbocycles. The quantitative estimate of drug-likeness (QED) is 0.321. The molecule has 148 valence electrons. The van der Waals surface area contributed by atoms with E-state index in [4.69, 9.17) is 16.3 Å². The highest BCUT2D eigenvalue weighted by Crippen LogP contribution is 2.36. The van der Waals surface area contributed by atoms with Gasteiger partial charge in [0.05, 0.1) is 37.2 Å². The first kappa shape index (κ1) is 21.1. The molecule has 0 spiro atoms. The van der Waals surface area contributed by atoms with E-state index < -0.39 is 0 Å². The van der Waals surface area contributed by atoms with Gasteiger partial charge in [0.15, 0.2) is 0 Å². The van der Waals surface area contributed by atoms with Gasteiger partial charge in [0, 0.05) is 32.4 Å². The zero-order chi connectivity index (χ0) is 20.8. The van der Waals surface area contributed by atoms with Gasteiger partial charge in [-0.3, -0.25) is 9.55 Å². The van der Waals surface area contributed by atoms with Crippen molar-refractivity contribution < 1.29 is 4.74 Å². The molecule has 0 radical (unpaired) electrons. The molecule has 0 fully saturated rings. The molecule has 0 aliphatic heterocycles. The van der Waals surface area contributed by atoms with Gasteiger partial charge in [0.2, 0.25) is 0 Å².